The van der Waals surface area contributed by atoms with Gasteiger partial charge in [0.2, 0.25) is 5.95 Å². The predicted molar refractivity (Wildman–Crippen MR) is 156 cm³/mol. The van der Waals surface area contributed by atoms with Gasteiger partial charge in [0, 0.05) is 24.7 Å². The quantitative estimate of drug-likeness (QED) is 0.283. The van der Waals surface area contributed by atoms with E-state index in [4.69, 9.17) is 15.5 Å². The normalized spacial score (nSPS) is 14.1. The predicted octanol–water partition coefficient (Wildman–Crippen LogP) is 3.82. The second kappa shape index (κ2) is 11.9. The van der Waals surface area contributed by atoms with Crippen LogP contribution in [0.4, 0.5) is 10.3 Å². The molecule has 4 heterocycles. The molecule has 2 aromatic carbocycles. The molecule has 0 saturated carbocycles. The molecule has 11 nitrogen and oxygen atoms in total. The Morgan fingerprint density at radius 1 is 1.16 bits per heavy atom. The molecule has 0 aliphatic carbocycles. The molecular formula is C31H28FN9O2. The number of benzene rings is 2. The zero-order valence-electron chi connectivity index (χ0n) is 23.4. The molecule has 6 rings (SSSR count). The molecule has 1 fully saturated rings. The van der Waals surface area contributed by atoms with Crippen molar-refractivity contribution >= 4 is 17.6 Å². The van der Waals surface area contributed by atoms with Crippen molar-refractivity contribution in [2.24, 2.45) is 5.92 Å². The number of nitrogen functional groups attached to an aromatic ring is 1. The summed E-state index contributed by atoms with van der Waals surface area (Å²) in [4.78, 5) is 32.1. The fourth-order valence-electron chi connectivity index (χ4n) is 5.54. The molecule has 1 aliphatic heterocycles. The van der Waals surface area contributed by atoms with Gasteiger partial charge in [-0.05, 0) is 61.3 Å². The molecule has 2 N–H and O–H groups in total. The Morgan fingerprint density at radius 2 is 1.98 bits per heavy atom. The molecule has 216 valence electrons. The van der Waals surface area contributed by atoms with Crippen molar-refractivity contribution in [1.29, 1.82) is 5.26 Å². The molecule has 3 aromatic heterocycles. The van der Waals surface area contributed by atoms with Crippen molar-refractivity contribution in [3.05, 3.63) is 89.4 Å². The average molecular weight is 578 g/mol. The van der Waals surface area contributed by atoms with Crippen LogP contribution in [0.1, 0.15) is 35.4 Å². The van der Waals surface area contributed by atoms with Gasteiger partial charge in [0.1, 0.15) is 12.1 Å². The van der Waals surface area contributed by atoms with Crippen LogP contribution in [0.2, 0.25) is 0 Å². The van der Waals surface area contributed by atoms with E-state index in [2.05, 4.69) is 31.0 Å². The number of nitrogens with two attached hydrogens (primary N) is 1. The topological polar surface area (TPSA) is 148 Å². The molecule has 0 atom stereocenters. The first kappa shape index (κ1) is 27.9. The Kier molecular flexibility index (Phi) is 7.72. The summed E-state index contributed by atoms with van der Waals surface area (Å²) in [7, 11) is 1.41. The largest absolute Gasteiger partial charge is 0.469 e. The number of nitrogens with zero attached hydrogens (tertiary/aromatic N) is 8. The average Bonchev–Trinajstić information content (AvgIpc) is 3.47. The summed E-state index contributed by atoms with van der Waals surface area (Å²) in [5.41, 5.74) is 10.8. The fraction of sp³-hybridized carbons (Fsp3) is 0.258. The van der Waals surface area contributed by atoms with Gasteiger partial charge < -0.3 is 10.5 Å². The van der Waals surface area contributed by atoms with Gasteiger partial charge in [0.05, 0.1) is 41.6 Å². The lowest BCUT2D eigenvalue weighted by atomic mass is 9.96. The van der Waals surface area contributed by atoms with E-state index in [0.717, 1.165) is 5.56 Å². The van der Waals surface area contributed by atoms with E-state index in [0.29, 0.717) is 77.6 Å². The van der Waals surface area contributed by atoms with Crippen LogP contribution < -0.4 is 5.73 Å². The minimum absolute atomic E-state index is 0.0890. The Hall–Kier alpha value is -5.28. The number of esters is 1. The van der Waals surface area contributed by atoms with E-state index in [1.165, 1.54) is 24.0 Å². The number of methoxy groups -OCH3 is 1. The Morgan fingerprint density at radius 3 is 2.72 bits per heavy atom. The fourth-order valence-corrected chi connectivity index (χ4v) is 5.54. The zero-order chi connectivity index (χ0) is 29.9. The van der Waals surface area contributed by atoms with Crippen LogP contribution in [-0.2, 0) is 22.5 Å². The zero-order valence-corrected chi connectivity index (χ0v) is 23.4. The highest BCUT2D eigenvalue weighted by Gasteiger charge is 2.27. The second-order valence-corrected chi connectivity index (χ2v) is 10.4. The molecular weight excluding hydrogens is 549 g/mol. The van der Waals surface area contributed by atoms with Crippen LogP contribution in [0.3, 0.4) is 0 Å². The van der Waals surface area contributed by atoms with Crippen molar-refractivity contribution in [2.75, 3.05) is 25.9 Å². The van der Waals surface area contributed by atoms with Gasteiger partial charge in [-0.1, -0.05) is 24.3 Å². The number of likely N-dealkylation sites (tertiary alicyclic amines) is 1. The number of piperidine rings is 1. The first-order valence-corrected chi connectivity index (χ1v) is 13.8. The van der Waals surface area contributed by atoms with Crippen LogP contribution in [0.15, 0.2) is 61.1 Å². The van der Waals surface area contributed by atoms with Gasteiger partial charge in [-0.15, -0.1) is 5.10 Å². The highest BCUT2D eigenvalue weighted by atomic mass is 19.1. The van der Waals surface area contributed by atoms with Gasteiger partial charge in [-0.25, -0.2) is 24.3 Å². The third kappa shape index (κ3) is 5.62. The second-order valence-electron chi connectivity index (χ2n) is 10.4. The number of hydrogen-bond acceptors (Lipinski definition) is 10. The number of anilines is 1. The smallest absolute Gasteiger partial charge is 0.308 e. The summed E-state index contributed by atoms with van der Waals surface area (Å²) >= 11 is 0. The number of carbonyl (C=O) groups excluding carboxylic acids is 1. The van der Waals surface area contributed by atoms with Gasteiger partial charge in [0.15, 0.2) is 11.5 Å². The van der Waals surface area contributed by atoms with E-state index >= 15 is 4.39 Å². The molecule has 0 unspecified atom stereocenters. The van der Waals surface area contributed by atoms with Gasteiger partial charge in [-0.2, -0.15) is 9.78 Å². The number of hydrogen-bond donors (Lipinski definition) is 1. The lowest BCUT2D eigenvalue weighted by molar-refractivity contribution is -0.147. The summed E-state index contributed by atoms with van der Waals surface area (Å²) in [6.45, 7) is 1.95. The Balaban J connectivity index is 1.37. The number of carbonyl (C=O) groups is 1. The molecule has 12 heteroatoms. The molecule has 1 saturated heterocycles. The molecule has 5 aromatic rings. The van der Waals surface area contributed by atoms with Gasteiger partial charge >= 0.3 is 5.97 Å². The molecule has 1 aliphatic rings. The number of aromatic nitrogens is 6. The summed E-state index contributed by atoms with van der Waals surface area (Å²) < 4.78 is 21.7. The van der Waals surface area contributed by atoms with Crippen molar-refractivity contribution in [3.63, 3.8) is 0 Å². The Bertz CT molecular complexity index is 1840. The van der Waals surface area contributed by atoms with Crippen LogP contribution in [0, 0.1) is 23.1 Å². The minimum Gasteiger partial charge on any atom is -0.469 e. The van der Waals surface area contributed by atoms with Crippen LogP contribution in [-0.4, -0.2) is 60.6 Å². The van der Waals surface area contributed by atoms with Gasteiger partial charge in [-0.3, -0.25) is 9.69 Å². The van der Waals surface area contributed by atoms with E-state index in [1.54, 1.807) is 36.5 Å². The molecule has 0 amide bonds. The Labute approximate surface area is 246 Å². The first-order chi connectivity index (χ1) is 20.9. The summed E-state index contributed by atoms with van der Waals surface area (Å²) in [6.07, 6.45) is 4.56. The molecule has 0 radical (unpaired) electrons. The molecule has 0 bridgehead atoms. The SMILES string of the molecule is COC(=O)C1CCN(Cc2cccc(F)c2Cc2nc3c(-c4ccncn4)c(-c4cccc(C#N)c4)nc(N)n3n2)CC1. The standard InChI is InChI=1S/C31H28FN9O2/c1-43-30(42)20-9-12-40(13-10-20)17-22-6-3-7-24(32)23(22)15-26-37-29-27(25-8-11-35-18-36-25)28(38-31(34)41(29)39-26)21-5-2-4-19(14-21)16-33/h2-8,11,14,18,20H,9-10,12-13,15,17H2,1H3,(H2,34,38). The number of ether oxygens (including phenoxy) is 1. The third-order valence-corrected chi connectivity index (χ3v) is 7.72. The van der Waals surface area contributed by atoms with Crippen molar-refractivity contribution in [3.8, 4) is 28.6 Å². The number of rotatable bonds is 7. The highest BCUT2D eigenvalue weighted by molar-refractivity contribution is 5.89. The number of fused-ring (bicyclic) bond motifs is 1. The first-order valence-electron chi connectivity index (χ1n) is 13.8. The third-order valence-electron chi connectivity index (χ3n) is 7.72. The van der Waals surface area contributed by atoms with Crippen LogP contribution >= 0.6 is 0 Å². The summed E-state index contributed by atoms with van der Waals surface area (Å²) in [6, 6.07) is 16.0. The van der Waals surface area contributed by atoms with E-state index in [9.17, 15) is 10.1 Å². The van der Waals surface area contributed by atoms with E-state index < -0.39 is 0 Å². The molecule has 43 heavy (non-hydrogen) atoms. The van der Waals surface area contributed by atoms with E-state index in [-0.39, 0.29) is 30.1 Å². The maximum Gasteiger partial charge on any atom is 0.308 e. The van der Waals surface area contributed by atoms with Crippen LogP contribution in [0.25, 0.3) is 28.2 Å². The maximum absolute atomic E-state index is 15.3. The number of halogens is 1. The van der Waals surface area contributed by atoms with Crippen molar-refractivity contribution in [2.45, 2.75) is 25.8 Å². The maximum atomic E-state index is 15.3. The lowest BCUT2D eigenvalue weighted by Crippen LogP contribution is -2.36. The number of nitriles is 1. The van der Waals surface area contributed by atoms with Crippen molar-refractivity contribution < 1.29 is 13.9 Å². The monoisotopic (exact) mass is 577 g/mol. The van der Waals surface area contributed by atoms with Crippen LogP contribution in [0.5, 0.6) is 0 Å². The van der Waals surface area contributed by atoms with E-state index in [1.807, 2.05) is 12.1 Å². The summed E-state index contributed by atoms with van der Waals surface area (Å²) in [5, 5.41) is 14.1. The van der Waals surface area contributed by atoms with Crippen molar-refractivity contribution in [1.82, 2.24) is 34.4 Å². The highest BCUT2D eigenvalue weighted by Crippen LogP contribution is 2.34. The lowest BCUT2D eigenvalue weighted by Gasteiger charge is -2.31. The summed E-state index contributed by atoms with van der Waals surface area (Å²) in [5.74, 6) is -0.184. The minimum atomic E-state index is -0.350. The van der Waals surface area contributed by atoms with Gasteiger partial charge in [0.25, 0.3) is 0 Å². The molecule has 0 spiro atoms.